The Morgan fingerprint density at radius 2 is 1.83 bits per heavy atom. The second-order valence-corrected chi connectivity index (χ2v) is 6.75. The predicted octanol–water partition coefficient (Wildman–Crippen LogP) is 3.78. The molecule has 13 heteroatoms. The molecule has 29 heavy (non-hydrogen) atoms. The Hall–Kier alpha value is -1.76. The van der Waals surface area contributed by atoms with Crippen molar-refractivity contribution in [2.75, 3.05) is 10.6 Å². The van der Waals surface area contributed by atoms with Crippen LogP contribution in [0.1, 0.15) is 47.5 Å². The van der Waals surface area contributed by atoms with Crippen molar-refractivity contribution < 1.29 is 34.2 Å². The van der Waals surface area contributed by atoms with Gasteiger partial charge in [0.25, 0.3) is 5.92 Å². The van der Waals surface area contributed by atoms with Gasteiger partial charge in [0.15, 0.2) is 5.82 Å². The Bertz CT molecular complexity index is 848. The number of rotatable bonds is 5. The number of nitrogens with one attached hydrogen (secondary N) is 2. The normalized spacial score (nSPS) is 25.9. The Morgan fingerprint density at radius 3 is 2.41 bits per heavy atom. The fourth-order valence-corrected chi connectivity index (χ4v) is 2.79. The van der Waals surface area contributed by atoms with Crippen LogP contribution in [0, 0.1) is 0 Å². The van der Waals surface area contributed by atoms with E-state index in [1.165, 1.54) is 0 Å². The third-order valence-corrected chi connectivity index (χ3v) is 4.41. The van der Waals surface area contributed by atoms with E-state index >= 15 is 0 Å². The first-order valence-electron chi connectivity index (χ1n) is 9.49. The molecule has 2 aliphatic carbocycles. The van der Waals surface area contributed by atoms with Crippen LogP contribution in [0.5, 0.6) is 0 Å². The standard InChI is InChI=1S/C16H19F6N5O.H2S/c1-7(16(20,21)22)23-13-25-12(9-3-2-4-10(28)11(9)17)26-14(27-13)24-8-5-15(18,19)6-8;/h7-8,10,28H,2-6H2,1H3,(H2,23,24,25,26,27);1H2/t7-,10?;/m0./s1/i4D2;. The lowest BCUT2D eigenvalue weighted by Gasteiger charge is -2.35. The monoisotopic (exact) mass is 447 g/mol. The molecule has 1 fully saturated rings. The zero-order valence-electron chi connectivity index (χ0n) is 17.1. The first-order valence-corrected chi connectivity index (χ1v) is 8.49. The van der Waals surface area contributed by atoms with Crippen molar-refractivity contribution in [3.8, 4) is 0 Å². The molecule has 0 aromatic carbocycles. The van der Waals surface area contributed by atoms with Crippen molar-refractivity contribution in [3.63, 3.8) is 0 Å². The summed E-state index contributed by atoms with van der Waals surface area (Å²) in [6.45, 7) is 0.807. The van der Waals surface area contributed by atoms with Gasteiger partial charge in [-0.05, 0) is 26.1 Å². The molecule has 2 aliphatic rings. The summed E-state index contributed by atoms with van der Waals surface area (Å²) in [5.74, 6) is -5.42. The van der Waals surface area contributed by atoms with Gasteiger partial charge in [-0.15, -0.1) is 0 Å². The van der Waals surface area contributed by atoms with Crippen molar-refractivity contribution in [1.82, 2.24) is 15.0 Å². The van der Waals surface area contributed by atoms with E-state index in [9.17, 15) is 31.4 Å². The van der Waals surface area contributed by atoms with Gasteiger partial charge in [0.2, 0.25) is 11.9 Å². The van der Waals surface area contributed by atoms with E-state index in [1.807, 2.05) is 5.32 Å². The van der Waals surface area contributed by atoms with E-state index in [0.29, 0.717) is 0 Å². The first-order chi connectivity index (χ1) is 13.7. The number of hydrogen-bond donors (Lipinski definition) is 3. The minimum Gasteiger partial charge on any atom is -0.386 e. The largest absolute Gasteiger partial charge is 0.408 e. The van der Waals surface area contributed by atoms with Crippen molar-refractivity contribution >= 4 is 31.0 Å². The number of anilines is 2. The minimum absolute atomic E-state index is 0. The smallest absolute Gasteiger partial charge is 0.386 e. The van der Waals surface area contributed by atoms with Gasteiger partial charge in [-0.2, -0.15) is 41.6 Å². The Balaban J connectivity index is 0.00000341. The second kappa shape index (κ2) is 8.54. The lowest BCUT2D eigenvalue weighted by atomic mass is 9.88. The topological polar surface area (TPSA) is 83.0 Å². The molecule has 3 N–H and O–H groups in total. The third kappa shape index (κ3) is 5.65. The summed E-state index contributed by atoms with van der Waals surface area (Å²) in [4.78, 5) is 11.4. The van der Waals surface area contributed by atoms with Gasteiger partial charge in [0.05, 0.1) is 0 Å². The summed E-state index contributed by atoms with van der Waals surface area (Å²) < 4.78 is 94.5. The Kier molecular flexibility index (Phi) is 6.04. The molecule has 3 rings (SSSR count). The molecule has 0 radical (unpaired) electrons. The van der Waals surface area contributed by atoms with Gasteiger partial charge >= 0.3 is 6.18 Å². The molecule has 0 aliphatic heterocycles. The molecule has 2 atom stereocenters. The van der Waals surface area contributed by atoms with Crippen LogP contribution in [0.2, 0.25) is 0 Å². The van der Waals surface area contributed by atoms with E-state index in [1.54, 1.807) is 0 Å². The third-order valence-electron chi connectivity index (χ3n) is 4.41. The van der Waals surface area contributed by atoms with Crippen LogP contribution in [0.3, 0.4) is 0 Å². The van der Waals surface area contributed by atoms with Gasteiger partial charge in [0.1, 0.15) is 18.0 Å². The molecule has 1 saturated carbocycles. The average molecular weight is 447 g/mol. The van der Waals surface area contributed by atoms with E-state index in [0.717, 1.165) is 6.92 Å². The van der Waals surface area contributed by atoms with E-state index < -0.39 is 67.1 Å². The SMILES string of the molecule is S.[2H]C1([2H])CCC(c2nc(NC3CC(F)(F)C3)nc(N[C@@H](C)C(F)(F)F)n2)=C(F)C1O. The van der Waals surface area contributed by atoms with Gasteiger partial charge < -0.3 is 15.7 Å². The van der Waals surface area contributed by atoms with Crippen molar-refractivity contribution in [2.45, 2.75) is 69.3 Å². The van der Waals surface area contributed by atoms with Crippen molar-refractivity contribution in [1.29, 1.82) is 0 Å². The van der Waals surface area contributed by atoms with Crippen molar-refractivity contribution in [2.24, 2.45) is 0 Å². The highest BCUT2D eigenvalue weighted by molar-refractivity contribution is 7.59. The lowest BCUT2D eigenvalue weighted by molar-refractivity contribution is -0.138. The molecular weight excluding hydrogens is 424 g/mol. The summed E-state index contributed by atoms with van der Waals surface area (Å²) >= 11 is 0. The quantitative estimate of drug-likeness (QED) is 0.596. The van der Waals surface area contributed by atoms with E-state index in [-0.39, 0.29) is 37.9 Å². The highest BCUT2D eigenvalue weighted by Crippen LogP contribution is 2.39. The average Bonchev–Trinajstić information content (AvgIpc) is 2.57. The second-order valence-electron chi connectivity index (χ2n) is 6.75. The van der Waals surface area contributed by atoms with Gasteiger partial charge in [0, 0.05) is 27.2 Å². The van der Waals surface area contributed by atoms with Crippen LogP contribution in [0.15, 0.2) is 5.83 Å². The fraction of sp³-hybridized carbons (Fsp3) is 0.688. The number of alkyl halides is 5. The van der Waals surface area contributed by atoms with Gasteiger partial charge in [-0.3, -0.25) is 0 Å². The highest BCUT2D eigenvalue weighted by Gasteiger charge is 2.45. The number of aliphatic hydroxyl groups excluding tert-OH is 1. The van der Waals surface area contributed by atoms with E-state index in [2.05, 4.69) is 20.3 Å². The molecule has 1 unspecified atom stereocenters. The molecule has 0 saturated heterocycles. The maximum Gasteiger partial charge on any atom is 0.408 e. The molecule has 0 bridgehead atoms. The van der Waals surface area contributed by atoms with Crippen molar-refractivity contribution in [3.05, 3.63) is 11.7 Å². The molecule has 164 valence electrons. The zero-order valence-corrected chi connectivity index (χ0v) is 16.1. The Labute approximate surface area is 172 Å². The number of aliphatic hydroxyl groups is 1. The van der Waals surface area contributed by atoms with Gasteiger partial charge in [-0.25, -0.2) is 13.2 Å². The summed E-state index contributed by atoms with van der Waals surface area (Å²) in [5.41, 5.74) is -0.287. The summed E-state index contributed by atoms with van der Waals surface area (Å²) in [7, 11) is 0. The maximum absolute atomic E-state index is 14.5. The lowest BCUT2D eigenvalue weighted by Crippen LogP contribution is -2.44. The van der Waals surface area contributed by atoms with Crippen LogP contribution in [0.4, 0.5) is 38.2 Å². The van der Waals surface area contributed by atoms with Crippen LogP contribution in [-0.4, -0.2) is 50.3 Å². The number of aromatic nitrogens is 3. The Morgan fingerprint density at radius 1 is 1.21 bits per heavy atom. The van der Waals surface area contributed by atoms with E-state index in [4.69, 9.17) is 2.74 Å². The van der Waals surface area contributed by atoms with Crippen LogP contribution in [-0.2, 0) is 0 Å². The molecule has 0 spiro atoms. The number of allylic oxidation sites excluding steroid dienone is 1. The molecule has 6 nitrogen and oxygen atoms in total. The molecule has 1 heterocycles. The van der Waals surface area contributed by atoms with Crippen LogP contribution < -0.4 is 10.6 Å². The summed E-state index contributed by atoms with van der Waals surface area (Å²) in [6.07, 6.45) is -10.5. The summed E-state index contributed by atoms with van der Waals surface area (Å²) in [6, 6.07) is -2.80. The zero-order chi connectivity index (χ0) is 22.5. The van der Waals surface area contributed by atoms with Gasteiger partial charge in [-0.1, -0.05) is 0 Å². The number of hydrogen-bond acceptors (Lipinski definition) is 6. The first kappa shape index (κ1) is 20.5. The van der Waals surface area contributed by atoms with Crippen LogP contribution >= 0.6 is 13.5 Å². The molecule has 1 aromatic heterocycles. The number of halogens is 6. The summed E-state index contributed by atoms with van der Waals surface area (Å²) in [5, 5.41) is 14.4. The molecule has 0 amide bonds. The fourth-order valence-electron chi connectivity index (χ4n) is 2.79. The number of nitrogens with zero attached hydrogens (tertiary/aromatic N) is 3. The van der Waals surface area contributed by atoms with Crippen LogP contribution in [0.25, 0.3) is 5.57 Å². The minimum atomic E-state index is -4.64. The molecular formula is C16H21F6N5OS. The highest BCUT2D eigenvalue weighted by atomic mass is 32.1. The molecule has 1 aromatic rings. The predicted molar refractivity (Wildman–Crippen MR) is 98.8 cm³/mol. The maximum atomic E-state index is 14.5.